The van der Waals surface area contributed by atoms with E-state index in [9.17, 15) is 9.46 Å². The Hall–Kier alpha value is 0.590. The molecule has 1 atom stereocenters. The number of unbranched alkanes of at least 4 members (excludes halogenated alkanes) is 24. The summed E-state index contributed by atoms with van der Waals surface area (Å²) < 4.78 is 11.9. The summed E-state index contributed by atoms with van der Waals surface area (Å²) in [5, 5.41) is 0. The second-order valence-corrected chi connectivity index (χ2v) is 14.3. The number of nitrogens with zero attached hydrogens (tertiary/aromatic N) is 1. The first kappa shape index (κ1) is 40.7. The number of rotatable bonds is 30. The molecule has 0 amide bonds. The van der Waals surface area contributed by atoms with Crippen molar-refractivity contribution in [3.8, 4) is 0 Å². The van der Waals surface area contributed by atoms with E-state index < -0.39 is 7.60 Å². The van der Waals surface area contributed by atoms with Crippen LogP contribution >= 0.6 is 24.6 Å². The molecule has 0 aliphatic carbocycles. The topological polar surface area (TPSA) is 60.4 Å². The summed E-state index contributed by atoms with van der Waals surface area (Å²) in [5.41, 5.74) is 0. The van der Waals surface area contributed by atoms with Crippen LogP contribution in [0, 0.1) is 0 Å². The quantitative estimate of drug-likeness (QED) is 0.0490. The summed E-state index contributed by atoms with van der Waals surface area (Å²) in [7, 11) is 0.793. The lowest BCUT2D eigenvalue weighted by Crippen LogP contribution is -2.41. The first-order valence-electron chi connectivity index (χ1n) is 16.6. The smallest absolute Gasteiger partial charge is 0.132 e. The van der Waals surface area contributed by atoms with Gasteiger partial charge in [-0.25, -0.2) is 0 Å². The highest BCUT2D eigenvalue weighted by Crippen LogP contribution is 2.30. The van der Waals surface area contributed by atoms with E-state index in [-0.39, 0.29) is 23.1 Å². The molecule has 1 N–H and O–H groups in total. The second kappa shape index (κ2) is 29.1. The van der Waals surface area contributed by atoms with Crippen molar-refractivity contribution in [1.82, 2.24) is 0 Å². The molecule has 38 heavy (non-hydrogen) atoms. The molecule has 4 nitrogen and oxygen atoms in total. The van der Waals surface area contributed by atoms with Gasteiger partial charge >= 0.3 is 0 Å². The molecule has 0 aromatic carbocycles. The Balaban J connectivity index is 0. The van der Waals surface area contributed by atoms with Gasteiger partial charge in [-0.3, -0.25) is 0 Å². The number of halogens is 1. The molecule has 0 heterocycles. The maximum Gasteiger partial charge on any atom is 0.132 e. The van der Waals surface area contributed by atoms with Gasteiger partial charge in [0.2, 0.25) is 0 Å². The molecule has 6 heteroatoms. The first-order valence-corrected chi connectivity index (χ1v) is 18.4. The van der Waals surface area contributed by atoms with Crippen LogP contribution in [0.2, 0.25) is 0 Å². The standard InChI is InChI=1S/C32H68NO3P.BrH/c1-4-5-6-7-8-9-10-11-12-13-14-15-18-21-24-27-30-33(2,3)31-28-25-22-19-16-17-20-23-26-29-32-37(34,35)36;/h4-32H2,1-3H3,(H-,34,35,36);1H. The lowest BCUT2D eigenvalue weighted by atomic mass is 10.0. The van der Waals surface area contributed by atoms with Crippen LogP contribution in [-0.4, -0.2) is 42.7 Å². The van der Waals surface area contributed by atoms with Gasteiger partial charge in [-0.15, -0.1) is 17.0 Å². The van der Waals surface area contributed by atoms with Gasteiger partial charge in [0.05, 0.1) is 27.2 Å². The summed E-state index contributed by atoms with van der Waals surface area (Å²) in [6.45, 7) is 4.94. The Morgan fingerprint density at radius 2 is 0.737 bits per heavy atom. The van der Waals surface area contributed by atoms with Crippen molar-refractivity contribution in [2.45, 2.75) is 174 Å². The minimum atomic E-state index is -4.03. The SMILES string of the molecule is Br.CCCCCCCCCCCCCCCCCC[N+](C)(C)CCCCCCCCCCCCP(=O)([O-])O. The van der Waals surface area contributed by atoms with Crippen molar-refractivity contribution in [2.75, 3.05) is 33.3 Å². The highest BCUT2D eigenvalue weighted by atomic mass is 79.9. The van der Waals surface area contributed by atoms with Crippen LogP contribution < -0.4 is 4.89 Å². The van der Waals surface area contributed by atoms with Crippen molar-refractivity contribution in [3.63, 3.8) is 0 Å². The fourth-order valence-electron chi connectivity index (χ4n) is 5.47. The molecule has 1 unspecified atom stereocenters. The van der Waals surface area contributed by atoms with Crippen LogP contribution in [0.15, 0.2) is 0 Å². The van der Waals surface area contributed by atoms with Crippen LogP contribution in [0.3, 0.4) is 0 Å². The van der Waals surface area contributed by atoms with Gasteiger partial charge in [0.1, 0.15) is 7.60 Å². The van der Waals surface area contributed by atoms with Crippen molar-refractivity contribution < 1.29 is 18.8 Å². The summed E-state index contributed by atoms with van der Waals surface area (Å²) in [5.74, 6) is 0. The van der Waals surface area contributed by atoms with Crippen LogP contribution in [0.25, 0.3) is 0 Å². The van der Waals surface area contributed by atoms with Gasteiger partial charge in [-0.05, 0) is 32.1 Å². The Morgan fingerprint density at radius 3 is 1.00 bits per heavy atom. The Morgan fingerprint density at radius 1 is 0.500 bits per heavy atom. The number of quaternary nitrogens is 1. The lowest BCUT2D eigenvalue weighted by molar-refractivity contribution is -0.890. The molecule has 0 aromatic rings. The fraction of sp³-hybridized carbons (Fsp3) is 1.00. The maximum absolute atomic E-state index is 10.7. The highest BCUT2D eigenvalue weighted by molar-refractivity contribution is 8.93. The molecule has 0 radical (unpaired) electrons. The van der Waals surface area contributed by atoms with E-state index >= 15 is 0 Å². The van der Waals surface area contributed by atoms with E-state index in [1.165, 1.54) is 165 Å². The van der Waals surface area contributed by atoms with Crippen molar-refractivity contribution in [1.29, 1.82) is 0 Å². The Labute approximate surface area is 250 Å². The van der Waals surface area contributed by atoms with Gasteiger partial charge in [0, 0.05) is 6.16 Å². The van der Waals surface area contributed by atoms with E-state index in [0.29, 0.717) is 6.42 Å². The Bertz CT molecular complexity index is 513. The zero-order chi connectivity index (χ0) is 27.5. The third-order valence-corrected chi connectivity index (χ3v) is 8.95. The Kier molecular flexibility index (Phi) is 31.2. The molecule has 232 valence electrons. The molecule has 0 aliphatic heterocycles. The number of hydrogen-bond donors (Lipinski definition) is 1. The normalized spacial score (nSPS) is 13.4. The molecule has 0 aliphatic rings. The van der Waals surface area contributed by atoms with E-state index in [1.54, 1.807) is 0 Å². The van der Waals surface area contributed by atoms with Crippen LogP contribution in [-0.2, 0) is 4.57 Å². The predicted octanol–water partition coefficient (Wildman–Crippen LogP) is 10.3. The van der Waals surface area contributed by atoms with E-state index in [0.717, 1.165) is 12.8 Å². The minimum absolute atomic E-state index is 0. The highest BCUT2D eigenvalue weighted by Gasteiger charge is 2.13. The molecule has 0 spiro atoms. The zero-order valence-electron chi connectivity index (χ0n) is 26.1. The molecule has 0 saturated heterocycles. The summed E-state index contributed by atoms with van der Waals surface area (Å²) in [4.78, 5) is 19.5. The van der Waals surface area contributed by atoms with Crippen molar-refractivity contribution in [3.05, 3.63) is 0 Å². The molecule has 0 fully saturated rings. The first-order chi connectivity index (χ1) is 17.8. The average molecular weight is 627 g/mol. The molecule has 0 bridgehead atoms. The monoisotopic (exact) mass is 625 g/mol. The molecular weight excluding hydrogens is 557 g/mol. The van der Waals surface area contributed by atoms with E-state index in [4.69, 9.17) is 4.89 Å². The maximum atomic E-state index is 10.7. The largest absolute Gasteiger partial charge is 0.779 e. The number of hydrogen-bond acceptors (Lipinski definition) is 2. The summed E-state index contributed by atoms with van der Waals surface area (Å²) in [6.07, 6.45) is 34.7. The summed E-state index contributed by atoms with van der Waals surface area (Å²) in [6, 6.07) is 0. The van der Waals surface area contributed by atoms with Crippen molar-refractivity contribution in [2.24, 2.45) is 0 Å². The predicted molar refractivity (Wildman–Crippen MR) is 173 cm³/mol. The van der Waals surface area contributed by atoms with Gasteiger partial charge in [-0.1, -0.05) is 142 Å². The van der Waals surface area contributed by atoms with Crippen LogP contribution in [0.5, 0.6) is 0 Å². The van der Waals surface area contributed by atoms with Gasteiger partial charge in [0.25, 0.3) is 0 Å². The average Bonchev–Trinajstić information content (AvgIpc) is 2.83. The molecule has 0 aromatic heterocycles. The molecule has 0 rings (SSSR count). The van der Waals surface area contributed by atoms with Gasteiger partial charge in [0.15, 0.2) is 0 Å². The molecular formula is C32H69BrNO3P. The van der Waals surface area contributed by atoms with E-state index in [1.807, 2.05) is 0 Å². The van der Waals surface area contributed by atoms with Crippen molar-refractivity contribution >= 4 is 24.6 Å². The van der Waals surface area contributed by atoms with Crippen LogP contribution in [0.4, 0.5) is 0 Å². The van der Waals surface area contributed by atoms with Gasteiger partial charge < -0.3 is 18.8 Å². The second-order valence-electron chi connectivity index (χ2n) is 12.6. The molecule has 0 saturated carbocycles. The van der Waals surface area contributed by atoms with E-state index in [2.05, 4.69) is 21.0 Å². The fourth-order valence-corrected chi connectivity index (χ4v) is 6.09. The van der Waals surface area contributed by atoms with Crippen LogP contribution in [0.1, 0.15) is 174 Å². The minimum Gasteiger partial charge on any atom is -0.779 e. The lowest BCUT2D eigenvalue weighted by Gasteiger charge is -2.30. The third kappa shape index (κ3) is 34.6. The third-order valence-electron chi connectivity index (χ3n) is 8.07. The zero-order valence-corrected chi connectivity index (χ0v) is 28.7. The van der Waals surface area contributed by atoms with Gasteiger partial charge in [-0.2, -0.15) is 0 Å². The summed E-state index contributed by atoms with van der Waals surface area (Å²) >= 11 is 0.